The normalized spacial score (nSPS) is 11.0. The number of aromatic nitrogens is 2. The maximum Gasteiger partial charge on any atom is 0.387 e. The molecular formula is C21H21F2N3O3S. The minimum absolute atomic E-state index is 0.0608. The van der Waals surface area contributed by atoms with Gasteiger partial charge in [-0.15, -0.1) is 11.3 Å². The third-order valence-electron chi connectivity index (χ3n) is 4.59. The molecule has 6 nitrogen and oxygen atoms in total. The van der Waals surface area contributed by atoms with Gasteiger partial charge in [0, 0.05) is 21.7 Å². The van der Waals surface area contributed by atoms with Crippen LogP contribution >= 0.6 is 11.3 Å². The molecule has 3 rings (SSSR count). The monoisotopic (exact) mass is 433 g/mol. The van der Waals surface area contributed by atoms with Gasteiger partial charge in [0.2, 0.25) is 0 Å². The number of anilines is 1. The minimum atomic E-state index is -2.88. The molecule has 0 radical (unpaired) electrons. The number of nitrogens with one attached hydrogen (secondary N) is 2. The number of H-pyrrole nitrogens is 1. The minimum Gasteiger partial charge on any atom is -0.435 e. The second-order valence-electron chi connectivity index (χ2n) is 6.67. The second kappa shape index (κ2) is 8.74. The summed E-state index contributed by atoms with van der Waals surface area (Å²) < 4.78 is 29.0. The summed E-state index contributed by atoms with van der Waals surface area (Å²) in [6.45, 7) is 4.10. The van der Waals surface area contributed by atoms with Crippen LogP contribution in [0.5, 0.6) is 5.75 Å². The lowest BCUT2D eigenvalue weighted by molar-refractivity contribution is -0.0498. The third-order valence-corrected chi connectivity index (χ3v) is 5.48. The van der Waals surface area contributed by atoms with Gasteiger partial charge in [-0.05, 0) is 57.0 Å². The Hall–Kier alpha value is -3.07. The van der Waals surface area contributed by atoms with E-state index in [9.17, 15) is 18.4 Å². The Morgan fingerprint density at radius 1 is 1.23 bits per heavy atom. The summed E-state index contributed by atoms with van der Waals surface area (Å²) in [5.74, 6) is -0.402. The number of carbonyl (C=O) groups is 2. The fourth-order valence-corrected chi connectivity index (χ4v) is 4.20. The average Bonchev–Trinajstić information content (AvgIpc) is 3.21. The summed E-state index contributed by atoms with van der Waals surface area (Å²) >= 11 is 1.30. The Labute approximate surface area is 176 Å². The molecule has 0 fully saturated rings. The lowest BCUT2D eigenvalue weighted by Crippen LogP contribution is -2.14. The number of rotatable bonds is 7. The number of benzene rings is 1. The van der Waals surface area contributed by atoms with Crippen LogP contribution in [0.4, 0.5) is 13.9 Å². The van der Waals surface area contributed by atoms with Crippen molar-refractivity contribution in [3.63, 3.8) is 0 Å². The zero-order chi connectivity index (χ0) is 22.0. The van der Waals surface area contributed by atoms with Crippen LogP contribution in [-0.4, -0.2) is 28.3 Å². The van der Waals surface area contributed by atoms with E-state index in [0.717, 1.165) is 10.4 Å². The van der Waals surface area contributed by atoms with Gasteiger partial charge in [-0.25, -0.2) is 4.98 Å². The van der Waals surface area contributed by atoms with E-state index in [4.69, 9.17) is 0 Å². The van der Waals surface area contributed by atoms with Gasteiger partial charge < -0.3 is 9.72 Å². The molecule has 30 heavy (non-hydrogen) atoms. The zero-order valence-electron chi connectivity index (χ0n) is 16.9. The third kappa shape index (κ3) is 4.40. The first kappa shape index (κ1) is 21.6. The number of halogens is 2. The fourth-order valence-electron chi connectivity index (χ4n) is 3.37. The number of alkyl halides is 2. The van der Waals surface area contributed by atoms with Crippen LogP contribution in [0.25, 0.3) is 11.3 Å². The van der Waals surface area contributed by atoms with Crippen LogP contribution in [0.2, 0.25) is 0 Å². The van der Waals surface area contributed by atoms with Crippen LogP contribution in [0.1, 0.15) is 50.8 Å². The molecule has 158 valence electrons. The Kier molecular flexibility index (Phi) is 6.31. The van der Waals surface area contributed by atoms with Crippen molar-refractivity contribution in [2.24, 2.45) is 0 Å². The van der Waals surface area contributed by atoms with Gasteiger partial charge in [0.05, 0.1) is 5.69 Å². The molecule has 0 aliphatic rings. The molecule has 0 unspecified atom stereocenters. The molecule has 0 saturated carbocycles. The SMILES string of the molecule is CCc1c(C(=O)Nc2nc(-c3ccc(OC(F)F)cc3)c(C)s2)[nH]c(C)c1C(C)=O. The van der Waals surface area contributed by atoms with Crippen LogP contribution in [0.15, 0.2) is 24.3 Å². The second-order valence-corrected chi connectivity index (χ2v) is 7.87. The predicted octanol–water partition coefficient (Wildman–Crippen LogP) is 5.37. The summed E-state index contributed by atoms with van der Waals surface area (Å²) in [4.78, 5) is 33.1. The van der Waals surface area contributed by atoms with Crippen molar-refractivity contribution in [2.45, 2.75) is 40.7 Å². The molecule has 2 heterocycles. The van der Waals surface area contributed by atoms with E-state index in [1.807, 2.05) is 13.8 Å². The van der Waals surface area contributed by atoms with Crippen LogP contribution < -0.4 is 10.1 Å². The van der Waals surface area contributed by atoms with Crippen molar-refractivity contribution in [1.29, 1.82) is 0 Å². The Morgan fingerprint density at radius 3 is 2.47 bits per heavy atom. The summed E-state index contributed by atoms with van der Waals surface area (Å²) in [6, 6.07) is 6.15. The van der Waals surface area contributed by atoms with E-state index in [-0.39, 0.29) is 17.4 Å². The van der Waals surface area contributed by atoms with E-state index in [0.29, 0.717) is 39.8 Å². The number of carbonyl (C=O) groups excluding carboxylic acids is 2. The van der Waals surface area contributed by atoms with Crippen molar-refractivity contribution < 1.29 is 23.1 Å². The number of hydrogen-bond donors (Lipinski definition) is 2. The molecule has 0 aliphatic heterocycles. The number of ether oxygens (including phenoxy) is 1. The van der Waals surface area contributed by atoms with Crippen LogP contribution in [0.3, 0.4) is 0 Å². The van der Waals surface area contributed by atoms with Crippen LogP contribution in [-0.2, 0) is 6.42 Å². The fraction of sp³-hybridized carbons (Fsp3) is 0.286. The van der Waals surface area contributed by atoms with Gasteiger partial charge in [0.25, 0.3) is 5.91 Å². The van der Waals surface area contributed by atoms with Crippen molar-refractivity contribution in [2.75, 3.05) is 5.32 Å². The number of thiazole rings is 1. The number of nitrogens with zero attached hydrogens (tertiary/aromatic N) is 1. The smallest absolute Gasteiger partial charge is 0.387 e. The number of aryl methyl sites for hydroxylation is 2. The van der Waals surface area contributed by atoms with Gasteiger partial charge >= 0.3 is 6.61 Å². The molecule has 0 bridgehead atoms. The molecule has 3 aromatic rings. The van der Waals surface area contributed by atoms with Crippen molar-refractivity contribution in [3.8, 4) is 17.0 Å². The zero-order valence-corrected chi connectivity index (χ0v) is 17.7. The molecule has 1 amide bonds. The highest BCUT2D eigenvalue weighted by Gasteiger charge is 2.22. The lowest BCUT2D eigenvalue weighted by Gasteiger charge is -2.05. The van der Waals surface area contributed by atoms with Gasteiger partial charge in [-0.2, -0.15) is 8.78 Å². The number of hydrogen-bond acceptors (Lipinski definition) is 5. The maximum atomic E-state index is 12.8. The molecule has 9 heteroatoms. The molecule has 2 aromatic heterocycles. The maximum absolute atomic E-state index is 12.8. The van der Waals surface area contributed by atoms with Crippen LogP contribution in [0, 0.1) is 13.8 Å². The molecule has 0 aliphatic carbocycles. The van der Waals surface area contributed by atoms with Gasteiger partial charge in [-0.1, -0.05) is 6.92 Å². The highest BCUT2D eigenvalue weighted by atomic mass is 32.1. The first-order chi connectivity index (χ1) is 14.2. The first-order valence-corrected chi connectivity index (χ1v) is 10.1. The Bertz CT molecular complexity index is 1090. The highest BCUT2D eigenvalue weighted by molar-refractivity contribution is 7.16. The number of aromatic amines is 1. The lowest BCUT2D eigenvalue weighted by atomic mass is 10.0. The van der Waals surface area contributed by atoms with Crippen molar-refractivity contribution >= 4 is 28.2 Å². The van der Waals surface area contributed by atoms with E-state index in [1.54, 1.807) is 19.1 Å². The molecular weight excluding hydrogens is 412 g/mol. The molecule has 0 atom stereocenters. The first-order valence-electron chi connectivity index (χ1n) is 9.27. The summed E-state index contributed by atoms with van der Waals surface area (Å²) in [5, 5.41) is 3.18. The number of ketones is 1. The Balaban J connectivity index is 1.83. The van der Waals surface area contributed by atoms with Crippen molar-refractivity contribution in [1.82, 2.24) is 9.97 Å². The molecule has 1 aromatic carbocycles. The van der Waals surface area contributed by atoms with E-state index in [2.05, 4.69) is 20.0 Å². The standard InChI is InChI=1S/C21H21F2N3O3S/c1-5-15-16(11(3)27)10(2)24-18(15)19(28)26-21-25-17(12(4)30-21)13-6-8-14(9-7-13)29-20(22)23/h6-9,20,24H,5H2,1-4H3,(H,25,26,28). The van der Waals surface area contributed by atoms with Crippen molar-refractivity contribution in [3.05, 3.63) is 51.7 Å². The summed E-state index contributed by atoms with van der Waals surface area (Å²) in [5.41, 5.74) is 3.59. The molecule has 0 spiro atoms. The van der Waals surface area contributed by atoms with Gasteiger partial charge in [0.15, 0.2) is 10.9 Å². The largest absolute Gasteiger partial charge is 0.435 e. The van der Waals surface area contributed by atoms with Gasteiger partial charge in [0.1, 0.15) is 11.4 Å². The highest BCUT2D eigenvalue weighted by Crippen LogP contribution is 2.32. The molecule has 0 saturated heterocycles. The Morgan fingerprint density at radius 2 is 1.90 bits per heavy atom. The van der Waals surface area contributed by atoms with E-state index < -0.39 is 6.61 Å². The number of amides is 1. The topological polar surface area (TPSA) is 84.1 Å². The molecule has 2 N–H and O–H groups in total. The number of Topliss-reactive ketones (excluding diaryl/α,β-unsaturated/α-hetero) is 1. The average molecular weight is 433 g/mol. The summed E-state index contributed by atoms with van der Waals surface area (Å²) in [7, 11) is 0. The van der Waals surface area contributed by atoms with Gasteiger partial charge in [-0.3, -0.25) is 14.9 Å². The quantitative estimate of drug-likeness (QED) is 0.491. The summed E-state index contributed by atoms with van der Waals surface area (Å²) in [6.07, 6.45) is 0.539. The van der Waals surface area contributed by atoms with E-state index >= 15 is 0 Å². The predicted molar refractivity (Wildman–Crippen MR) is 112 cm³/mol. The van der Waals surface area contributed by atoms with E-state index in [1.165, 1.54) is 30.4 Å².